The predicted octanol–water partition coefficient (Wildman–Crippen LogP) is 4.81. The van der Waals surface area contributed by atoms with Gasteiger partial charge >= 0.3 is 0 Å². The molecule has 0 fully saturated rings. The third-order valence-electron chi connectivity index (χ3n) is 6.07. The van der Waals surface area contributed by atoms with Crippen LogP contribution in [0.25, 0.3) is 22.5 Å². The highest BCUT2D eigenvalue weighted by Crippen LogP contribution is 2.39. The largest absolute Gasteiger partial charge is 0.354 e. The summed E-state index contributed by atoms with van der Waals surface area (Å²) in [5.41, 5.74) is 11.9. The van der Waals surface area contributed by atoms with Crippen molar-refractivity contribution in [2.24, 2.45) is 5.73 Å². The number of carbonyl (C=O) groups is 1. The number of nitrogens with one attached hydrogen (secondary N) is 3. The van der Waals surface area contributed by atoms with Crippen molar-refractivity contribution in [2.75, 3.05) is 17.2 Å². The van der Waals surface area contributed by atoms with Crippen molar-refractivity contribution in [2.45, 2.75) is 12.8 Å². The maximum atomic E-state index is 13.1. The quantitative estimate of drug-likeness (QED) is 0.162. The van der Waals surface area contributed by atoms with Gasteiger partial charge in [-0.05, 0) is 48.7 Å². The number of amides is 1. The molecule has 0 unspecified atom stereocenters. The molecule has 1 aliphatic rings. The van der Waals surface area contributed by atoms with E-state index in [9.17, 15) is 14.9 Å². The zero-order valence-corrected chi connectivity index (χ0v) is 19.3. The Labute approximate surface area is 207 Å². The van der Waals surface area contributed by atoms with Crippen molar-refractivity contribution in [3.8, 4) is 11.3 Å². The van der Waals surface area contributed by atoms with E-state index in [0.29, 0.717) is 29.1 Å². The van der Waals surface area contributed by atoms with E-state index in [2.05, 4.69) is 20.6 Å². The molecule has 4 aromatic rings. The van der Waals surface area contributed by atoms with Gasteiger partial charge in [0.2, 0.25) is 0 Å². The van der Waals surface area contributed by atoms with Gasteiger partial charge in [0.25, 0.3) is 11.6 Å². The lowest BCUT2D eigenvalue weighted by Crippen LogP contribution is -2.10. The van der Waals surface area contributed by atoms with Crippen molar-refractivity contribution in [1.29, 1.82) is 0 Å². The number of fused-ring (bicyclic) bond motifs is 1. The molecule has 0 atom stereocenters. The average Bonchev–Trinajstić information content (AvgIpc) is 3.54. The van der Waals surface area contributed by atoms with Gasteiger partial charge < -0.3 is 21.4 Å². The second-order valence-electron chi connectivity index (χ2n) is 8.44. The standard InChI is InChI=1S/C27H24N6O3/c28-13-1-2-17-3-5-19(6-4-17)26(31-20-9-7-18(8-10-20)24-15-29-16-30-24)25-22-14-21(33(35)36)11-12-23(22)32-27(25)34/h3-12,14-16,31H,1-2,13,28H2,(H,29,30)(H,32,34). The van der Waals surface area contributed by atoms with E-state index < -0.39 is 4.92 Å². The maximum Gasteiger partial charge on any atom is 0.270 e. The highest BCUT2D eigenvalue weighted by atomic mass is 16.6. The van der Waals surface area contributed by atoms with Crippen LogP contribution in [0, 0.1) is 10.1 Å². The van der Waals surface area contributed by atoms with Crippen LogP contribution in [-0.4, -0.2) is 27.3 Å². The van der Waals surface area contributed by atoms with Crippen LogP contribution in [0.5, 0.6) is 0 Å². The number of aryl methyl sites for hydroxylation is 1. The van der Waals surface area contributed by atoms with Gasteiger partial charge in [-0.15, -0.1) is 0 Å². The number of hydrogen-bond donors (Lipinski definition) is 4. The van der Waals surface area contributed by atoms with Gasteiger partial charge in [-0.25, -0.2) is 4.98 Å². The molecule has 5 rings (SSSR count). The van der Waals surface area contributed by atoms with Gasteiger partial charge in [0.05, 0.1) is 28.2 Å². The zero-order chi connectivity index (χ0) is 25.1. The fraction of sp³-hybridized carbons (Fsp3) is 0.111. The van der Waals surface area contributed by atoms with E-state index in [0.717, 1.165) is 40.9 Å². The molecule has 1 amide bonds. The molecular weight excluding hydrogens is 456 g/mol. The van der Waals surface area contributed by atoms with Gasteiger partial charge in [-0.2, -0.15) is 0 Å². The van der Waals surface area contributed by atoms with Gasteiger partial charge in [-0.1, -0.05) is 36.4 Å². The van der Waals surface area contributed by atoms with Crippen molar-refractivity contribution in [3.05, 3.63) is 106 Å². The lowest BCUT2D eigenvalue weighted by Gasteiger charge is -2.15. The molecule has 3 aromatic carbocycles. The summed E-state index contributed by atoms with van der Waals surface area (Å²) in [7, 11) is 0. The monoisotopic (exact) mass is 480 g/mol. The molecule has 0 aliphatic carbocycles. The van der Waals surface area contributed by atoms with Crippen LogP contribution < -0.4 is 16.4 Å². The van der Waals surface area contributed by atoms with E-state index in [1.807, 2.05) is 54.7 Å². The molecule has 0 bridgehead atoms. The first-order chi connectivity index (χ1) is 17.5. The first-order valence-corrected chi connectivity index (χ1v) is 11.5. The Morgan fingerprint density at radius 1 is 1.06 bits per heavy atom. The smallest absolute Gasteiger partial charge is 0.270 e. The molecule has 9 nitrogen and oxygen atoms in total. The third kappa shape index (κ3) is 4.59. The normalized spacial score (nSPS) is 13.8. The molecule has 0 saturated heterocycles. The Balaban J connectivity index is 1.59. The highest BCUT2D eigenvalue weighted by molar-refractivity contribution is 6.37. The van der Waals surface area contributed by atoms with Crippen LogP contribution in [0.1, 0.15) is 23.1 Å². The Morgan fingerprint density at radius 2 is 1.83 bits per heavy atom. The summed E-state index contributed by atoms with van der Waals surface area (Å²) >= 11 is 0. The minimum Gasteiger partial charge on any atom is -0.354 e. The molecule has 180 valence electrons. The number of nitrogens with zero attached hydrogens (tertiary/aromatic N) is 2. The molecule has 0 radical (unpaired) electrons. The lowest BCUT2D eigenvalue weighted by molar-refractivity contribution is -0.384. The molecule has 5 N–H and O–H groups in total. The number of aromatic amines is 1. The van der Waals surface area contributed by atoms with Crippen molar-refractivity contribution in [1.82, 2.24) is 9.97 Å². The molecule has 9 heteroatoms. The van der Waals surface area contributed by atoms with E-state index in [1.165, 1.54) is 12.1 Å². The summed E-state index contributed by atoms with van der Waals surface area (Å²) in [6.45, 7) is 0.614. The summed E-state index contributed by atoms with van der Waals surface area (Å²) in [5.74, 6) is -0.326. The predicted molar refractivity (Wildman–Crippen MR) is 140 cm³/mol. The summed E-state index contributed by atoms with van der Waals surface area (Å²) in [4.78, 5) is 31.3. The van der Waals surface area contributed by atoms with Crippen LogP contribution in [0.15, 0.2) is 79.3 Å². The van der Waals surface area contributed by atoms with Crippen molar-refractivity contribution < 1.29 is 9.72 Å². The van der Waals surface area contributed by atoms with Crippen LogP contribution in [-0.2, 0) is 11.2 Å². The first kappa shape index (κ1) is 23.0. The molecule has 2 heterocycles. The summed E-state index contributed by atoms with van der Waals surface area (Å²) in [6, 6.07) is 20.0. The maximum absolute atomic E-state index is 13.1. The number of hydrogen-bond acceptors (Lipinski definition) is 6. The number of nitro benzene ring substituents is 1. The number of non-ortho nitro benzene ring substituents is 1. The average molecular weight is 481 g/mol. The molecular formula is C27H24N6O3. The van der Waals surface area contributed by atoms with Crippen LogP contribution in [0.2, 0.25) is 0 Å². The number of benzene rings is 3. The van der Waals surface area contributed by atoms with Crippen molar-refractivity contribution >= 4 is 34.2 Å². The molecule has 0 spiro atoms. The van der Waals surface area contributed by atoms with E-state index >= 15 is 0 Å². The highest BCUT2D eigenvalue weighted by Gasteiger charge is 2.30. The number of rotatable bonds is 8. The van der Waals surface area contributed by atoms with E-state index in [-0.39, 0.29) is 11.6 Å². The Bertz CT molecular complexity index is 1440. The van der Waals surface area contributed by atoms with Crippen LogP contribution in [0.3, 0.4) is 0 Å². The zero-order valence-electron chi connectivity index (χ0n) is 19.3. The molecule has 1 aromatic heterocycles. The Hall–Kier alpha value is -4.76. The molecule has 1 aliphatic heterocycles. The van der Waals surface area contributed by atoms with E-state index in [1.54, 1.807) is 12.4 Å². The number of nitro groups is 1. The van der Waals surface area contributed by atoms with Gasteiger partial charge in [0.15, 0.2) is 0 Å². The number of aromatic nitrogens is 2. The second-order valence-corrected chi connectivity index (χ2v) is 8.44. The van der Waals surface area contributed by atoms with Crippen LogP contribution in [0.4, 0.5) is 17.1 Å². The minimum atomic E-state index is -0.464. The van der Waals surface area contributed by atoms with Gasteiger partial charge in [0.1, 0.15) is 0 Å². The molecule has 36 heavy (non-hydrogen) atoms. The summed E-state index contributed by atoms with van der Waals surface area (Å²) in [6.07, 6.45) is 5.18. The second kappa shape index (κ2) is 9.85. The Morgan fingerprint density at radius 3 is 2.50 bits per heavy atom. The number of H-pyrrole nitrogens is 1. The molecule has 0 saturated carbocycles. The number of anilines is 2. The lowest BCUT2D eigenvalue weighted by atomic mass is 9.98. The van der Waals surface area contributed by atoms with Gasteiger partial charge in [0, 0.05) is 40.8 Å². The summed E-state index contributed by atoms with van der Waals surface area (Å²) in [5, 5.41) is 17.6. The SMILES string of the molecule is NCCCc1ccc(C(Nc2ccc(-c3c[nH]cn3)cc2)=C2C(=O)Nc3ccc([N+](=O)[O-])cc32)cc1. The number of nitrogens with two attached hydrogens (primary N) is 1. The van der Waals surface area contributed by atoms with Crippen LogP contribution >= 0.6 is 0 Å². The fourth-order valence-electron chi connectivity index (χ4n) is 4.23. The number of imidazole rings is 1. The topological polar surface area (TPSA) is 139 Å². The van der Waals surface area contributed by atoms with E-state index in [4.69, 9.17) is 5.73 Å². The number of carbonyl (C=O) groups excluding carboxylic acids is 1. The van der Waals surface area contributed by atoms with Gasteiger partial charge in [-0.3, -0.25) is 14.9 Å². The first-order valence-electron chi connectivity index (χ1n) is 11.5. The fourth-order valence-corrected chi connectivity index (χ4v) is 4.23. The van der Waals surface area contributed by atoms with Crippen molar-refractivity contribution in [3.63, 3.8) is 0 Å². The Kier molecular flexibility index (Phi) is 6.29. The minimum absolute atomic E-state index is 0.0809. The summed E-state index contributed by atoms with van der Waals surface area (Å²) < 4.78 is 0. The third-order valence-corrected chi connectivity index (χ3v) is 6.07.